The molecule has 2 N–H and O–H groups in total. The van der Waals surface area contributed by atoms with Crippen molar-refractivity contribution in [1.29, 1.82) is 0 Å². The number of rotatable bonds is 3. The number of hydrogen-bond acceptors (Lipinski definition) is 7. The molecule has 0 aliphatic carbocycles. The zero-order valence-corrected chi connectivity index (χ0v) is 11.6. The van der Waals surface area contributed by atoms with Crippen LogP contribution in [0.1, 0.15) is 30.3 Å². The summed E-state index contributed by atoms with van der Waals surface area (Å²) in [5.74, 6) is 2.12. The summed E-state index contributed by atoms with van der Waals surface area (Å²) < 4.78 is 0. The molecule has 2 aromatic rings. The van der Waals surface area contributed by atoms with Crippen molar-refractivity contribution in [3.05, 3.63) is 23.1 Å². The maximum atomic E-state index is 4.61. The third-order valence-electron chi connectivity index (χ3n) is 3.13. The number of anilines is 2. The molecule has 1 aliphatic heterocycles. The minimum atomic E-state index is 0.406. The first-order valence-corrected chi connectivity index (χ1v) is 7.29. The molecule has 0 spiro atoms. The highest BCUT2D eigenvalue weighted by Gasteiger charge is 2.18. The lowest BCUT2D eigenvalue weighted by Gasteiger charge is -2.22. The summed E-state index contributed by atoms with van der Waals surface area (Å²) in [5.41, 5.74) is 2.67. The molecular weight excluding hydrogens is 260 g/mol. The quantitative estimate of drug-likeness (QED) is 0.891. The topological polar surface area (TPSA) is 75.6 Å². The van der Waals surface area contributed by atoms with Crippen molar-refractivity contribution in [2.24, 2.45) is 0 Å². The van der Waals surface area contributed by atoms with Crippen LogP contribution >= 0.6 is 11.3 Å². The molecule has 3 rings (SSSR count). The van der Waals surface area contributed by atoms with Gasteiger partial charge in [0.2, 0.25) is 5.13 Å². The molecule has 100 valence electrons. The van der Waals surface area contributed by atoms with Crippen molar-refractivity contribution in [3.63, 3.8) is 0 Å². The number of aromatic nitrogens is 4. The minimum Gasteiger partial charge on any atom is -0.316 e. The van der Waals surface area contributed by atoms with Crippen molar-refractivity contribution >= 4 is 22.3 Å². The van der Waals surface area contributed by atoms with E-state index in [1.165, 1.54) is 17.8 Å². The van der Waals surface area contributed by atoms with Gasteiger partial charge < -0.3 is 10.6 Å². The van der Waals surface area contributed by atoms with Crippen LogP contribution in [0.2, 0.25) is 0 Å². The van der Waals surface area contributed by atoms with Gasteiger partial charge in [0, 0.05) is 24.2 Å². The Labute approximate surface area is 115 Å². The first-order valence-electron chi connectivity index (χ1n) is 6.41. The second-order valence-corrected chi connectivity index (χ2v) is 5.50. The number of hydrogen-bond donors (Lipinski definition) is 2. The molecule has 0 radical (unpaired) electrons. The van der Waals surface area contributed by atoms with Crippen LogP contribution in [0.5, 0.6) is 0 Å². The van der Waals surface area contributed by atoms with Crippen LogP contribution in [0.3, 0.4) is 0 Å². The molecule has 1 saturated heterocycles. The van der Waals surface area contributed by atoms with Gasteiger partial charge in [0.15, 0.2) is 0 Å². The molecule has 0 bridgehead atoms. The maximum absolute atomic E-state index is 4.61. The Bertz CT molecular complexity index is 535. The summed E-state index contributed by atoms with van der Waals surface area (Å²) in [4.78, 5) is 9.17. The predicted molar refractivity (Wildman–Crippen MR) is 74.8 cm³/mol. The molecule has 1 fully saturated rings. The standard InChI is InChI=1S/C12H16N6S/c1-8-5-10(17-12-18-14-7-19-12)16-11(15-8)9-3-2-4-13-6-9/h5,7,9,13H,2-4,6H2,1H3,(H,15,16,17,18)/t9-/m0/s1. The molecule has 1 aliphatic rings. The van der Waals surface area contributed by atoms with Crippen molar-refractivity contribution in [2.45, 2.75) is 25.7 Å². The van der Waals surface area contributed by atoms with Gasteiger partial charge in [0.25, 0.3) is 0 Å². The smallest absolute Gasteiger partial charge is 0.210 e. The predicted octanol–water partition coefficient (Wildman–Crippen LogP) is 1.85. The fraction of sp³-hybridized carbons (Fsp3) is 0.500. The largest absolute Gasteiger partial charge is 0.316 e. The van der Waals surface area contributed by atoms with Gasteiger partial charge in [0.1, 0.15) is 17.2 Å². The van der Waals surface area contributed by atoms with E-state index in [1.54, 1.807) is 5.51 Å². The lowest BCUT2D eigenvalue weighted by Crippen LogP contribution is -2.29. The average Bonchev–Trinajstić information content (AvgIpc) is 2.92. The Morgan fingerprint density at radius 1 is 1.42 bits per heavy atom. The summed E-state index contributed by atoms with van der Waals surface area (Å²) in [6, 6.07) is 1.93. The second kappa shape index (κ2) is 5.58. The molecule has 6 nitrogen and oxygen atoms in total. The number of aryl methyl sites for hydroxylation is 1. The van der Waals surface area contributed by atoms with Crippen LogP contribution in [0, 0.1) is 6.92 Å². The van der Waals surface area contributed by atoms with Gasteiger partial charge in [-0.3, -0.25) is 0 Å². The van der Waals surface area contributed by atoms with E-state index in [0.717, 1.165) is 42.0 Å². The van der Waals surface area contributed by atoms with E-state index in [-0.39, 0.29) is 0 Å². The van der Waals surface area contributed by atoms with Gasteiger partial charge in [0.05, 0.1) is 0 Å². The molecule has 3 heterocycles. The summed E-state index contributed by atoms with van der Waals surface area (Å²) in [5, 5.41) is 15.1. The Morgan fingerprint density at radius 2 is 2.37 bits per heavy atom. The number of nitrogens with one attached hydrogen (secondary N) is 2. The number of piperidine rings is 1. The van der Waals surface area contributed by atoms with Crippen LogP contribution < -0.4 is 10.6 Å². The molecule has 0 saturated carbocycles. The summed E-state index contributed by atoms with van der Waals surface area (Å²) in [7, 11) is 0. The molecular formula is C12H16N6S. The average molecular weight is 276 g/mol. The van der Waals surface area contributed by atoms with Crippen molar-refractivity contribution in [1.82, 2.24) is 25.5 Å². The Morgan fingerprint density at radius 3 is 3.11 bits per heavy atom. The van der Waals surface area contributed by atoms with Crippen LogP contribution in [-0.2, 0) is 0 Å². The van der Waals surface area contributed by atoms with Crippen molar-refractivity contribution in [3.8, 4) is 0 Å². The summed E-state index contributed by atoms with van der Waals surface area (Å²) in [6.45, 7) is 4.05. The van der Waals surface area contributed by atoms with Crippen molar-refractivity contribution in [2.75, 3.05) is 18.4 Å². The first-order chi connectivity index (χ1) is 9.31. The molecule has 1 atom stereocenters. The molecule has 2 aromatic heterocycles. The van der Waals surface area contributed by atoms with E-state index in [4.69, 9.17) is 0 Å². The fourth-order valence-corrected chi connectivity index (χ4v) is 2.70. The Balaban J connectivity index is 1.82. The zero-order chi connectivity index (χ0) is 13.1. The van der Waals surface area contributed by atoms with E-state index < -0.39 is 0 Å². The van der Waals surface area contributed by atoms with E-state index in [2.05, 4.69) is 30.8 Å². The summed E-state index contributed by atoms with van der Waals surface area (Å²) in [6.07, 6.45) is 2.33. The minimum absolute atomic E-state index is 0.406. The number of nitrogens with zero attached hydrogens (tertiary/aromatic N) is 4. The zero-order valence-electron chi connectivity index (χ0n) is 10.8. The van der Waals surface area contributed by atoms with Gasteiger partial charge in [-0.2, -0.15) is 0 Å². The Kier molecular flexibility index (Phi) is 3.65. The van der Waals surface area contributed by atoms with Crippen LogP contribution in [0.25, 0.3) is 0 Å². The third-order valence-corrected chi connectivity index (χ3v) is 3.74. The van der Waals surface area contributed by atoms with Crippen LogP contribution in [0.4, 0.5) is 10.9 Å². The van der Waals surface area contributed by atoms with E-state index in [1.807, 2.05) is 13.0 Å². The van der Waals surface area contributed by atoms with E-state index >= 15 is 0 Å². The molecule has 0 amide bonds. The highest BCUT2D eigenvalue weighted by molar-refractivity contribution is 7.13. The normalized spacial score (nSPS) is 19.3. The van der Waals surface area contributed by atoms with Crippen molar-refractivity contribution < 1.29 is 0 Å². The maximum Gasteiger partial charge on any atom is 0.210 e. The van der Waals surface area contributed by atoms with E-state index in [0.29, 0.717) is 5.92 Å². The molecule has 0 aromatic carbocycles. The summed E-state index contributed by atoms with van der Waals surface area (Å²) >= 11 is 1.46. The van der Waals surface area contributed by atoms with Gasteiger partial charge in [-0.05, 0) is 26.3 Å². The van der Waals surface area contributed by atoms with Gasteiger partial charge in [-0.1, -0.05) is 11.3 Å². The monoisotopic (exact) mass is 276 g/mol. The van der Waals surface area contributed by atoms with Gasteiger partial charge in [-0.15, -0.1) is 10.2 Å². The third kappa shape index (κ3) is 3.05. The molecule has 19 heavy (non-hydrogen) atoms. The first kappa shape index (κ1) is 12.4. The van der Waals surface area contributed by atoms with Gasteiger partial charge >= 0.3 is 0 Å². The molecule has 7 heteroatoms. The van der Waals surface area contributed by atoms with Crippen LogP contribution in [0.15, 0.2) is 11.6 Å². The SMILES string of the molecule is Cc1cc(Nc2nncs2)nc([C@H]2CCCNC2)n1. The lowest BCUT2D eigenvalue weighted by atomic mass is 9.99. The highest BCUT2D eigenvalue weighted by Crippen LogP contribution is 2.23. The highest BCUT2D eigenvalue weighted by atomic mass is 32.1. The van der Waals surface area contributed by atoms with Crippen LogP contribution in [-0.4, -0.2) is 33.3 Å². The second-order valence-electron chi connectivity index (χ2n) is 4.66. The van der Waals surface area contributed by atoms with Gasteiger partial charge in [-0.25, -0.2) is 9.97 Å². The lowest BCUT2D eigenvalue weighted by molar-refractivity contribution is 0.446. The fourth-order valence-electron chi connectivity index (χ4n) is 2.25. The van der Waals surface area contributed by atoms with E-state index in [9.17, 15) is 0 Å². The molecule has 0 unspecified atom stereocenters. The Hall–Kier alpha value is -1.60.